The van der Waals surface area contributed by atoms with E-state index in [4.69, 9.17) is 15.2 Å². The lowest BCUT2D eigenvalue weighted by Crippen LogP contribution is -2.42. The Hall–Kier alpha value is -1.26. The van der Waals surface area contributed by atoms with Crippen LogP contribution in [-0.4, -0.2) is 25.3 Å². The summed E-state index contributed by atoms with van der Waals surface area (Å²) in [7, 11) is 0. The highest BCUT2D eigenvalue weighted by Crippen LogP contribution is 2.32. The largest absolute Gasteiger partial charge is 0.486 e. The molecule has 0 aromatic heterocycles. The molecular weight excluding hydrogens is 228 g/mol. The van der Waals surface area contributed by atoms with Gasteiger partial charge in [0.2, 0.25) is 0 Å². The second-order valence-electron chi connectivity index (χ2n) is 4.94. The molecule has 1 heterocycles. The Morgan fingerprint density at radius 2 is 1.78 bits per heavy atom. The molecule has 100 valence electrons. The molecule has 0 saturated heterocycles. The van der Waals surface area contributed by atoms with E-state index in [1.165, 1.54) is 5.56 Å². The predicted molar refractivity (Wildman–Crippen MR) is 72.1 cm³/mol. The molecule has 3 unspecified atom stereocenters. The average molecular weight is 250 g/mol. The van der Waals surface area contributed by atoms with E-state index < -0.39 is 0 Å². The van der Waals surface area contributed by atoms with Crippen LogP contribution in [0.15, 0.2) is 18.2 Å². The number of nitrogens with one attached hydrogen (secondary N) is 1. The van der Waals surface area contributed by atoms with Crippen LogP contribution in [0.1, 0.15) is 32.4 Å². The van der Waals surface area contributed by atoms with Crippen LogP contribution in [0, 0.1) is 0 Å². The van der Waals surface area contributed by atoms with E-state index >= 15 is 0 Å². The zero-order chi connectivity index (χ0) is 13.1. The molecule has 4 heteroatoms. The first-order chi connectivity index (χ1) is 8.58. The minimum Gasteiger partial charge on any atom is -0.486 e. The molecule has 0 radical (unpaired) electrons. The molecule has 3 atom stereocenters. The van der Waals surface area contributed by atoms with Crippen molar-refractivity contribution < 1.29 is 9.47 Å². The molecule has 3 N–H and O–H groups in total. The van der Waals surface area contributed by atoms with Crippen LogP contribution in [0.4, 0.5) is 0 Å². The molecule has 18 heavy (non-hydrogen) atoms. The van der Waals surface area contributed by atoms with Gasteiger partial charge in [0, 0.05) is 18.1 Å². The molecule has 2 rings (SSSR count). The average Bonchev–Trinajstić information content (AvgIpc) is 2.37. The van der Waals surface area contributed by atoms with Crippen molar-refractivity contribution >= 4 is 0 Å². The maximum Gasteiger partial charge on any atom is 0.161 e. The number of nitrogens with two attached hydrogens (primary N) is 1. The van der Waals surface area contributed by atoms with Crippen LogP contribution in [0.2, 0.25) is 0 Å². The number of benzene rings is 1. The summed E-state index contributed by atoms with van der Waals surface area (Å²) in [4.78, 5) is 0. The number of rotatable bonds is 4. The lowest BCUT2D eigenvalue weighted by Gasteiger charge is -2.25. The highest BCUT2D eigenvalue weighted by atomic mass is 16.6. The minimum atomic E-state index is 0.129. The maximum atomic E-state index is 5.87. The fourth-order valence-corrected chi connectivity index (χ4v) is 1.97. The Labute approximate surface area is 108 Å². The van der Waals surface area contributed by atoms with Gasteiger partial charge in [-0.15, -0.1) is 0 Å². The third-order valence-corrected chi connectivity index (χ3v) is 3.37. The van der Waals surface area contributed by atoms with Gasteiger partial charge >= 0.3 is 0 Å². The maximum absolute atomic E-state index is 5.87. The van der Waals surface area contributed by atoms with E-state index in [-0.39, 0.29) is 18.1 Å². The molecule has 0 saturated carbocycles. The molecule has 0 fully saturated rings. The first kappa shape index (κ1) is 13.2. The minimum absolute atomic E-state index is 0.129. The quantitative estimate of drug-likeness (QED) is 0.856. The van der Waals surface area contributed by atoms with Gasteiger partial charge in [0.25, 0.3) is 0 Å². The first-order valence-corrected chi connectivity index (χ1v) is 6.49. The van der Waals surface area contributed by atoms with Crippen molar-refractivity contribution in [3.05, 3.63) is 23.8 Å². The Morgan fingerprint density at radius 1 is 1.11 bits per heavy atom. The smallest absolute Gasteiger partial charge is 0.161 e. The summed E-state index contributed by atoms with van der Waals surface area (Å²) in [6, 6.07) is 6.72. The molecule has 1 aromatic carbocycles. The topological polar surface area (TPSA) is 56.5 Å². The molecule has 1 aliphatic rings. The van der Waals surface area contributed by atoms with Crippen molar-refractivity contribution in [3.63, 3.8) is 0 Å². The zero-order valence-electron chi connectivity index (χ0n) is 11.3. The second kappa shape index (κ2) is 5.59. The number of ether oxygens (including phenoxy) is 2. The molecule has 4 nitrogen and oxygen atoms in total. The first-order valence-electron chi connectivity index (χ1n) is 6.49. The summed E-state index contributed by atoms with van der Waals surface area (Å²) in [6.07, 6.45) is 0. The third kappa shape index (κ3) is 2.94. The van der Waals surface area contributed by atoms with E-state index in [2.05, 4.69) is 25.2 Å². The van der Waals surface area contributed by atoms with Gasteiger partial charge in [0.15, 0.2) is 11.5 Å². The van der Waals surface area contributed by atoms with Gasteiger partial charge in [-0.1, -0.05) is 6.07 Å². The number of hydrogen-bond acceptors (Lipinski definition) is 4. The van der Waals surface area contributed by atoms with Crippen LogP contribution in [0.5, 0.6) is 11.5 Å². The van der Waals surface area contributed by atoms with Crippen LogP contribution in [0.3, 0.4) is 0 Å². The van der Waals surface area contributed by atoms with Crippen molar-refractivity contribution in [2.24, 2.45) is 5.73 Å². The van der Waals surface area contributed by atoms with E-state index in [9.17, 15) is 0 Å². The monoisotopic (exact) mass is 250 g/mol. The van der Waals surface area contributed by atoms with Gasteiger partial charge in [-0.3, -0.25) is 0 Å². The Morgan fingerprint density at radius 3 is 2.44 bits per heavy atom. The third-order valence-electron chi connectivity index (χ3n) is 3.37. The molecule has 0 bridgehead atoms. The van der Waals surface area contributed by atoms with Crippen molar-refractivity contribution in [1.82, 2.24) is 5.32 Å². The zero-order valence-corrected chi connectivity index (χ0v) is 11.3. The lowest BCUT2D eigenvalue weighted by atomic mass is 10.1. The summed E-state index contributed by atoms with van der Waals surface area (Å²) in [5, 5.41) is 3.48. The van der Waals surface area contributed by atoms with Gasteiger partial charge in [0.1, 0.15) is 13.2 Å². The molecule has 0 amide bonds. The van der Waals surface area contributed by atoms with E-state index in [0.29, 0.717) is 13.2 Å². The highest BCUT2D eigenvalue weighted by molar-refractivity contribution is 5.44. The SMILES string of the molecule is CC(NC(C)C(C)N)c1ccc2c(c1)OCCO2. The van der Waals surface area contributed by atoms with Crippen molar-refractivity contribution in [2.75, 3.05) is 13.2 Å². The Kier molecular flexibility index (Phi) is 4.09. The predicted octanol–water partition coefficient (Wildman–Crippen LogP) is 1.84. The Balaban J connectivity index is 2.08. The Bertz CT molecular complexity index is 407. The molecule has 1 aliphatic heterocycles. The second-order valence-corrected chi connectivity index (χ2v) is 4.94. The molecular formula is C14H22N2O2. The molecule has 0 aliphatic carbocycles. The van der Waals surface area contributed by atoms with Crippen LogP contribution >= 0.6 is 0 Å². The van der Waals surface area contributed by atoms with E-state index in [1.54, 1.807) is 0 Å². The summed E-state index contributed by atoms with van der Waals surface area (Å²) >= 11 is 0. The summed E-state index contributed by atoms with van der Waals surface area (Å²) in [5.41, 5.74) is 7.05. The fourth-order valence-electron chi connectivity index (χ4n) is 1.97. The van der Waals surface area contributed by atoms with E-state index in [0.717, 1.165) is 11.5 Å². The van der Waals surface area contributed by atoms with Crippen LogP contribution in [-0.2, 0) is 0 Å². The number of hydrogen-bond donors (Lipinski definition) is 2. The van der Waals surface area contributed by atoms with Crippen molar-refractivity contribution in [2.45, 2.75) is 38.9 Å². The van der Waals surface area contributed by atoms with Crippen LogP contribution in [0.25, 0.3) is 0 Å². The van der Waals surface area contributed by atoms with Crippen molar-refractivity contribution in [1.29, 1.82) is 0 Å². The lowest BCUT2D eigenvalue weighted by molar-refractivity contribution is 0.171. The van der Waals surface area contributed by atoms with Crippen LogP contribution < -0.4 is 20.5 Å². The normalized spacial score (nSPS) is 19.1. The van der Waals surface area contributed by atoms with Crippen molar-refractivity contribution in [3.8, 4) is 11.5 Å². The standard InChI is InChI=1S/C14H22N2O2/c1-9(15)10(2)16-11(3)12-4-5-13-14(8-12)18-7-6-17-13/h4-5,8-11,16H,6-7,15H2,1-3H3. The highest BCUT2D eigenvalue weighted by Gasteiger charge is 2.16. The summed E-state index contributed by atoms with van der Waals surface area (Å²) in [6.45, 7) is 7.48. The van der Waals surface area contributed by atoms with Gasteiger partial charge < -0.3 is 20.5 Å². The summed E-state index contributed by atoms with van der Waals surface area (Å²) < 4.78 is 11.1. The van der Waals surface area contributed by atoms with Gasteiger partial charge in [0.05, 0.1) is 0 Å². The summed E-state index contributed by atoms with van der Waals surface area (Å²) in [5.74, 6) is 1.67. The molecule has 0 spiro atoms. The van der Waals surface area contributed by atoms with Gasteiger partial charge in [-0.05, 0) is 38.5 Å². The molecule has 1 aromatic rings. The number of fused-ring (bicyclic) bond motifs is 1. The van der Waals surface area contributed by atoms with Gasteiger partial charge in [-0.2, -0.15) is 0 Å². The van der Waals surface area contributed by atoms with E-state index in [1.807, 2.05) is 19.1 Å². The fraction of sp³-hybridized carbons (Fsp3) is 0.571. The van der Waals surface area contributed by atoms with Gasteiger partial charge in [-0.25, -0.2) is 0 Å².